The molecule has 1 fully saturated rings. The van der Waals surface area contributed by atoms with E-state index in [0.29, 0.717) is 19.3 Å². The first-order chi connectivity index (χ1) is 9.81. The fourth-order valence-corrected chi connectivity index (χ4v) is 3.74. The molecule has 1 aromatic heterocycles. The Balaban J connectivity index is 2.28. The lowest BCUT2D eigenvalue weighted by atomic mass is 9.81. The van der Waals surface area contributed by atoms with Crippen molar-refractivity contribution in [3.63, 3.8) is 0 Å². The molecule has 1 heterocycles. The van der Waals surface area contributed by atoms with Crippen molar-refractivity contribution in [3.8, 4) is 0 Å². The summed E-state index contributed by atoms with van der Waals surface area (Å²) in [7, 11) is -1.53. The number of nitrogens with zero attached hydrogens (tertiary/aromatic N) is 4. The molecule has 10 nitrogen and oxygen atoms in total. The number of carbonyl (C=O) groups excluding carboxylic acids is 1. The number of aryl methyl sites for hydroxylation is 1. The van der Waals surface area contributed by atoms with Gasteiger partial charge in [0.25, 0.3) is 15.2 Å². The Hall–Kier alpha value is -1.59. The van der Waals surface area contributed by atoms with Crippen LogP contribution in [-0.2, 0) is 26.6 Å². The van der Waals surface area contributed by atoms with Crippen molar-refractivity contribution < 1.29 is 23.1 Å². The highest BCUT2D eigenvalue weighted by Crippen LogP contribution is 2.30. The van der Waals surface area contributed by atoms with E-state index in [0.717, 1.165) is 11.8 Å². The molecule has 1 aliphatic carbocycles. The van der Waals surface area contributed by atoms with Crippen molar-refractivity contribution in [1.82, 2.24) is 24.9 Å². The highest BCUT2D eigenvalue weighted by molar-refractivity contribution is 7.89. The number of rotatable bonds is 4. The SMILES string of the molecule is COC(=O)[C@@]1(O)CCCC[C@H]1NS(=O)(=O)c1nnnn1C. The van der Waals surface area contributed by atoms with E-state index in [9.17, 15) is 18.3 Å². The molecule has 0 spiro atoms. The van der Waals surface area contributed by atoms with Crippen molar-refractivity contribution >= 4 is 16.0 Å². The van der Waals surface area contributed by atoms with Crippen molar-refractivity contribution in [2.24, 2.45) is 7.05 Å². The standard InChI is InChI=1S/C10H17N5O5S/c1-15-9(11-13-14-15)21(18,19)12-7-5-3-4-6-10(7,17)8(16)20-2/h7,12,17H,3-6H2,1-2H3/t7-,10-/m1/s1. The summed E-state index contributed by atoms with van der Waals surface area (Å²) in [5, 5.41) is 20.2. The minimum Gasteiger partial charge on any atom is -0.467 e. The van der Waals surface area contributed by atoms with E-state index in [4.69, 9.17) is 0 Å². The summed E-state index contributed by atoms with van der Waals surface area (Å²) in [6.07, 6.45) is 1.74. The molecule has 0 saturated heterocycles. The first-order valence-electron chi connectivity index (χ1n) is 6.37. The first kappa shape index (κ1) is 15.8. The zero-order chi connectivity index (χ0) is 15.7. The lowest BCUT2D eigenvalue weighted by Crippen LogP contribution is -2.59. The van der Waals surface area contributed by atoms with E-state index in [1.165, 1.54) is 7.05 Å². The molecule has 11 heteroatoms. The molecule has 0 radical (unpaired) electrons. The van der Waals surface area contributed by atoms with Crippen molar-refractivity contribution in [1.29, 1.82) is 0 Å². The van der Waals surface area contributed by atoms with E-state index in [2.05, 4.69) is 25.0 Å². The van der Waals surface area contributed by atoms with Crippen LogP contribution < -0.4 is 4.72 Å². The van der Waals surface area contributed by atoms with Gasteiger partial charge in [-0.05, 0) is 29.7 Å². The number of sulfonamides is 1. The van der Waals surface area contributed by atoms with Gasteiger partial charge in [-0.25, -0.2) is 22.6 Å². The zero-order valence-corrected chi connectivity index (χ0v) is 12.5. The Bertz CT molecular complexity index is 630. The lowest BCUT2D eigenvalue weighted by molar-refractivity contribution is -0.168. The van der Waals surface area contributed by atoms with Gasteiger partial charge >= 0.3 is 5.97 Å². The summed E-state index contributed by atoms with van der Waals surface area (Å²) in [5.74, 6) is -0.856. The van der Waals surface area contributed by atoms with E-state index < -0.39 is 27.6 Å². The molecule has 0 aromatic carbocycles. The summed E-state index contributed by atoms with van der Waals surface area (Å²) < 4.78 is 32.4. The third-order valence-corrected chi connectivity index (χ3v) is 4.96. The monoisotopic (exact) mass is 319 g/mol. The predicted octanol–water partition coefficient (Wildman–Crippen LogP) is -1.66. The average Bonchev–Trinajstić information content (AvgIpc) is 2.87. The van der Waals surface area contributed by atoms with Crippen molar-refractivity contribution in [3.05, 3.63) is 0 Å². The van der Waals surface area contributed by atoms with Crippen molar-refractivity contribution in [2.45, 2.75) is 42.5 Å². The smallest absolute Gasteiger partial charge is 0.339 e. The molecule has 2 atom stereocenters. The van der Waals surface area contributed by atoms with Crippen LogP contribution in [0.5, 0.6) is 0 Å². The van der Waals surface area contributed by atoms with Gasteiger partial charge in [0.05, 0.1) is 13.2 Å². The molecule has 21 heavy (non-hydrogen) atoms. The Morgan fingerprint density at radius 1 is 1.52 bits per heavy atom. The summed E-state index contributed by atoms with van der Waals surface area (Å²) in [6, 6.07) is -0.986. The number of esters is 1. The topological polar surface area (TPSA) is 136 Å². The molecule has 2 rings (SSSR count). The van der Waals surface area contributed by atoms with Crippen LogP contribution in [0.15, 0.2) is 5.16 Å². The number of aromatic nitrogens is 4. The van der Waals surface area contributed by atoms with E-state index in [1.54, 1.807) is 0 Å². The number of hydrogen-bond acceptors (Lipinski definition) is 8. The number of methoxy groups -OCH3 is 1. The predicted molar refractivity (Wildman–Crippen MR) is 68.3 cm³/mol. The molecule has 0 amide bonds. The Labute approximate surface area is 121 Å². The van der Waals surface area contributed by atoms with Gasteiger partial charge in [-0.2, -0.15) is 0 Å². The van der Waals surface area contributed by atoms with Gasteiger partial charge in [-0.1, -0.05) is 11.5 Å². The number of hydrogen-bond donors (Lipinski definition) is 2. The second kappa shape index (κ2) is 5.66. The molecule has 1 saturated carbocycles. The fraction of sp³-hybridized carbons (Fsp3) is 0.800. The van der Waals surface area contributed by atoms with Crippen LogP contribution in [0.2, 0.25) is 0 Å². The molecule has 1 aliphatic rings. The summed E-state index contributed by atoms with van der Waals surface area (Å²) in [5.41, 5.74) is -1.88. The molecular weight excluding hydrogens is 302 g/mol. The highest BCUT2D eigenvalue weighted by Gasteiger charge is 2.48. The second-order valence-corrected chi connectivity index (χ2v) is 6.53. The van der Waals surface area contributed by atoms with Crippen LogP contribution >= 0.6 is 0 Å². The summed E-state index contributed by atoms with van der Waals surface area (Å²) >= 11 is 0. The van der Waals surface area contributed by atoms with Crippen LogP contribution in [0, 0.1) is 0 Å². The number of ether oxygens (including phenoxy) is 1. The van der Waals surface area contributed by atoms with E-state index >= 15 is 0 Å². The van der Waals surface area contributed by atoms with Crippen LogP contribution in [-0.4, -0.2) is 58.5 Å². The molecule has 0 aliphatic heterocycles. The number of aliphatic hydroxyl groups is 1. The Kier molecular flexibility index (Phi) is 4.25. The zero-order valence-electron chi connectivity index (χ0n) is 11.7. The van der Waals surface area contributed by atoms with Gasteiger partial charge in [0.2, 0.25) is 0 Å². The fourth-order valence-electron chi connectivity index (χ4n) is 2.42. The van der Waals surface area contributed by atoms with Crippen LogP contribution in [0.4, 0.5) is 0 Å². The van der Waals surface area contributed by atoms with Crippen LogP contribution in [0.1, 0.15) is 25.7 Å². The van der Waals surface area contributed by atoms with Gasteiger partial charge in [0, 0.05) is 7.05 Å². The highest BCUT2D eigenvalue weighted by atomic mass is 32.2. The van der Waals surface area contributed by atoms with Crippen molar-refractivity contribution in [2.75, 3.05) is 7.11 Å². The molecule has 118 valence electrons. The maximum Gasteiger partial charge on any atom is 0.339 e. The third kappa shape index (κ3) is 2.89. The number of nitrogens with one attached hydrogen (secondary N) is 1. The molecular formula is C10H17N5O5S. The molecule has 2 N–H and O–H groups in total. The molecule has 0 unspecified atom stereocenters. The number of tetrazole rings is 1. The minimum atomic E-state index is -4.05. The maximum atomic E-state index is 12.2. The van der Waals surface area contributed by atoms with Crippen LogP contribution in [0.25, 0.3) is 0 Å². The maximum absolute atomic E-state index is 12.2. The Morgan fingerprint density at radius 2 is 2.24 bits per heavy atom. The van der Waals surface area contributed by atoms with Gasteiger partial charge in [0.1, 0.15) is 0 Å². The normalized spacial score (nSPS) is 26.5. The van der Waals surface area contributed by atoms with E-state index in [1.807, 2.05) is 0 Å². The van der Waals surface area contributed by atoms with Gasteiger partial charge in [-0.15, -0.1) is 0 Å². The van der Waals surface area contributed by atoms with Gasteiger partial charge in [0.15, 0.2) is 5.60 Å². The van der Waals surface area contributed by atoms with Gasteiger partial charge in [-0.3, -0.25) is 0 Å². The van der Waals surface area contributed by atoms with Crippen LogP contribution in [0.3, 0.4) is 0 Å². The molecule has 0 bridgehead atoms. The lowest BCUT2D eigenvalue weighted by Gasteiger charge is -2.37. The first-order valence-corrected chi connectivity index (χ1v) is 7.85. The second-order valence-electron chi connectivity index (χ2n) is 4.92. The van der Waals surface area contributed by atoms with E-state index in [-0.39, 0.29) is 11.6 Å². The average molecular weight is 319 g/mol. The number of carbonyl (C=O) groups is 1. The summed E-state index contributed by atoms with van der Waals surface area (Å²) in [4.78, 5) is 11.8. The summed E-state index contributed by atoms with van der Waals surface area (Å²) in [6.45, 7) is 0. The third-order valence-electron chi connectivity index (χ3n) is 3.54. The minimum absolute atomic E-state index is 0.129. The molecule has 1 aromatic rings. The van der Waals surface area contributed by atoms with Gasteiger partial charge < -0.3 is 9.84 Å². The quantitative estimate of drug-likeness (QED) is 0.629. The Morgan fingerprint density at radius 3 is 2.81 bits per heavy atom. The largest absolute Gasteiger partial charge is 0.467 e.